The smallest absolute Gasteiger partial charge is 0.265 e. The minimum absolute atomic E-state index is 0.0627. The summed E-state index contributed by atoms with van der Waals surface area (Å²) in [6.45, 7) is 6.62. The lowest BCUT2D eigenvalue weighted by Gasteiger charge is -2.30. The highest BCUT2D eigenvalue weighted by Gasteiger charge is 2.29. The SMILES string of the molecule is CC(C)(C)c1nnsc1C(=O)NC(CN)C1CCCCC1. The van der Waals surface area contributed by atoms with Crippen LogP contribution < -0.4 is 11.1 Å². The molecule has 1 aromatic heterocycles. The van der Waals surface area contributed by atoms with E-state index >= 15 is 0 Å². The van der Waals surface area contributed by atoms with Crippen molar-refractivity contribution >= 4 is 17.4 Å². The molecular weight excluding hydrogens is 284 g/mol. The van der Waals surface area contributed by atoms with Crippen molar-refractivity contribution < 1.29 is 4.79 Å². The van der Waals surface area contributed by atoms with E-state index < -0.39 is 0 Å². The van der Waals surface area contributed by atoms with Crippen LogP contribution in [-0.4, -0.2) is 28.1 Å². The Hall–Kier alpha value is -1.01. The molecule has 1 saturated carbocycles. The Morgan fingerprint density at radius 1 is 1.38 bits per heavy atom. The molecule has 0 aliphatic heterocycles. The number of nitrogens with one attached hydrogen (secondary N) is 1. The van der Waals surface area contributed by atoms with E-state index in [2.05, 4.69) is 14.9 Å². The van der Waals surface area contributed by atoms with Gasteiger partial charge in [0.15, 0.2) is 0 Å². The number of nitrogens with two attached hydrogens (primary N) is 1. The van der Waals surface area contributed by atoms with Crippen LogP contribution in [-0.2, 0) is 5.41 Å². The normalized spacial score (nSPS) is 18.5. The third-order valence-electron chi connectivity index (χ3n) is 4.19. The maximum atomic E-state index is 12.5. The first kappa shape index (κ1) is 16.4. The molecule has 6 heteroatoms. The number of carbonyl (C=O) groups excluding carboxylic acids is 1. The first-order valence-corrected chi connectivity index (χ1v) is 8.54. The number of nitrogens with zero attached hydrogens (tertiary/aromatic N) is 2. The van der Waals surface area contributed by atoms with Crippen molar-refractivity contribution in [1.29, 1.82) is 0 Å². The minimum Gasteiger partial charge on any atom is -0.347 e. The molecule has 118 valence electrons. The second-order valence-corrected chi connectivity index (χ2v) is 7.67. The lowest BCUT2D eigenvalue weighted by atomic mass is 9.83. The van der Waals surface area contributed by atoms with Gasteiger partial charge in [-0.15, -0.1) is 5.10 Å². The summed E-state index contributed by atoms with van der Waals surface area (Å²) in [6, 6.07) is 0.0627. The van der Waals surface area contributed by atoms with Crippen LogP contribution in [0.1, 0.15) is 68.2 Å². The number of aromatic nitrogens is 2. The first-order chi connectivity index (χ1) is 9.93. The molecule has 1 aliphatic rings. The van der Waals surface area contributed by atoms with Gasteiger partial charge in [-0.2, -0.15) is 0 Å². The minimum atomic E-state index is -0.178. The number of carbonyl (C=O) groups is 1. The van der Waals surface area contributed by atoms with Gasteiger partial charge in [0.2, 0.25) is 0 Å². The molecule has 1 atom stereocenters. The maximum Gasteiger partial charge on any atom is 0.265 e. The van der Waals surface area contributed by atoms with E-state index in [1.165, 1.54) is 30.8 Å². The molecule has 0 bridgehead atoms. The third-order valence-corrected chi connectivity index (χ3v) is 4.92. The Labute approximate surface area is 130 Å². The highest BCUT2D eigenvalue weighted by atomic mass is 32.1. The van der Waals surface area contributed by atoms with Gasteiger partial charge < -0.3 is 11.1 Å². The number of hydrogen-bond donors (Lipinski definition) is 2. The van der Waals surface area contributed by atoms with Gasteiger partial charge in [0.1, 0.15) is 4.88 Å². The Morgan fingerprint density at radius 3 is 2.62 bits per heavy atom. The van der Waals surface area contributed by atoms with Crippen molar-refractivity contribution in [2.75, 3.05) is 6.54 Å². The van der Waals surface area contributed by atoms with Gasteiger partial charge in [-0.1, -0.05) is 44.5 Å². The van der Waals surface area contributed by atoms with Crippen molar-refractivity contribution in [2.45, 2.75) is 64.3 Å². The van der Waals surface area contributed by atoms with Gasteiger partial charge in [-0.05, 0) is 30.3 Å². The summed E-state index contributed by atoms with van der Waals surface area (Å²) in [6.07, 6.45) is 6.11. The van der Waals surface area contributed by atoms with Gasteiger partial charge in [0.05, 0.1) is 5.69 Å². The van der Waals surface area contributed by atoms with E-state index in [4.69, 9.17) is 5.73 Å². The van der Waals surface area contributed by atoms with Gasteiger partial charge in [-0.3, -0.25) is 4.79 Å². The molecule has 0 spiro atoms. The summed E-state index contributed by atoms with van der Waals surface area (Å²) in [7, 11) is 0. The summed E-state index contributed by atoms with van der Waals surface area (Å²) in [4.78, 5) is 13.2. The van der Waals surface area contributed by atoms with E-state index in [9.17, 15) is 4.79 Å². The molecule has 2 rings (SSSR count). The summed E-state index contributed by atoms with van der Waals surface area (Å²) in [5.41, 5.74) is 6.48. The number of rotatable bonds is 4. The molecule has 3 N–H and O–H groups in total. The van der Waals surface area contributed by atoms with Gasteiger partial charge >= 0.3 is 0 Å². The van der Waals surface area contributed by atoms with E-state index in [0.29, 0.717) is 17.3 Å². The predicted octanol–water partition coefficient (Wildman–Crippen LogP) is 2.47. The van der Waals surface area contributed by atoms with Gasteiger partial charge in [-0.25, -0.2) is 0 Å². The average Bonchev–Trinajstić information content (AvgIpc) is 2.95. The van der Waals surface area contributed by atoms with Crippen LogP contribution in [0.5, 0.6) is 0 Å². The second-order valence-electron chi connectivity index (χ2n) is 6.91. The van der Waals surface area contributed by atoms with Crippen molar-refractivity contribution in [1.82, 2.24) is 14.9 Å². The lowest BCUT2D eigenvalue weighted by molar-refractivity contribution is 0.0917. The van der Waals surface area contributed by atoms with E-state index in [1.54, 1.807) is 0 Å². The second kappa shape index (κ2) is 6.83. The molecule has 0 aromatic carbocycles. The molecule has 0 saturated heterocycles. The van der Waals surface area contributed by atoms with Crippen molar-refractivity contribution in [3.63, 3.8) is 0 Å². The van der Waals surface area contributed by atoms with Crippen molar-refractivity contribution in [3.8, 4) is 0 Å². The first-order valence-electron chi connectivity index (χ1n) is 7.77. The fourth-order valence-electron chi connectivity index (χ4n) is 2.97. The monoisotopic (exact) mass is 310 g/mol. The zero-order chi connectivity index (χ0) is 15.5. The molecule has 1 unspecified atom stereocenters. The summed E-state index contributed by atoms with van der Waals surface area (Å²) in [5, 5.41) is 7.25. The Balaban J connectivity index is 2.07. The van der Waals surface area contributed by atoms with Crippen molar-refractivity contribution in [2.24, 2.45) is 11.7 Å². The Morgan fingerprint density at radius 2 is 2.05 bits per heavy atom. The molecule has 1 heterocycles. The average molecular weight is 310 g/mol. The van der Waals surface area contributed by atoms with Gasteiger partial charge in [0, 0.05) is 18.0 Å². The standard InChI is InChI=1S/C15H26N4OS/c1-15(2,3)13-12(21-19-18-13)14(20)17-11(9-16)10-7-5-4-6-8-10/h10-11H,4-9,16H2,1-3H3,(H,17,20). The molecule has 21 heavy (non-hydrogen) atoms. The van der Waals surface area contributed by atoms with E-state index in [-0.39, 0.29) is 17.4 Å². The fraction of sp³-hybridized carbons (Fsp3) is 0.800. The van der Waals surface area contributed by atoms with Crippen molar-refractivity contribution in [3.05, 3.63) is 10.6 Å². The molecule has 1 fully saturated rings. The number of hydrogen-bond acceptors (Lipinski definition) is 5. The van der Waals surface area contributed by atoms with Gasteiger partial charge in [0.25, 0.3) is 5.91 Å². The van der Waals surface area contributed by atoms with Crippen LogP contribution in [0.25, 0.3) is 0 Å². The van der Waals surface area contributed by atoms with Crippen LogP contribution in [0.3, 0.4) is 0 Å². The Bertz CT molecular complexity index is 474. The largest absolute Gasteiger partial charge is 0.347 e. The van der Waals surface area contributed by atoms with Crippen LogP contribution in [0.15, 0.2) is 0 Å². The number of amides is 1. The Kier molecular flexibility index (Phi) is 5.32. The highest BCUT2D eigenvalue weighted by Crippen LogP contribution is 2.28. The molecule has 5 nitrogen and oxygen atoms in total. The quantitative estimate of drug-likeness (QED) is 0.895. The molecule has 1 aliphatic carbocycles. The van der Waals surface area contributed by atoms with Crippen LogP contribution in [0.2, 0.25) is 0 Å². The topological polar surface area (TPSA) is 80.9 Å². The van der Waals surface area contributed by atoms with E-state index in [1.807, 2.05) is 20.8 Å². The summed E-state index contributed by atoms with van der Waals surface area (Å²) in [5.74, 6) is 0.433. The molecular formula is C15H26N4OS. The highest BCUT2D eigenvalue weighted by molar-refractivity contribution is 7.08. The van der Waals surface area contributed by atoms with Crippen LogP contribution >= 0.6 is 11.5 Å². The fourth-order valence-corrected chi connectivity index (χ4v) is 3.75. The zero-order valence-corrected chi connectivity index (χ0v) is 14.0. The van der Waals surface area contributed by atoms with E-state index in [0.717, 1.165) is 18.5 Å². The summed E-state index contributed by atoms with van der Waals surface area (Å²) >= 11 is 1.17. The molecule has 1 amide bonds. The van der Waals surface area contributed by atoms with Crippen LogP contribution in [0.4, 0.5) is 0 Å². The lowest BCUT2D eigenvalue weighted by Crippen LogP contribution is -2.46. The summed E-state index contributed by atoms with van der Waals surface area (Å²) < 4.78 is 3.95. The molecule has 1 aromatic rings. The molecule has 0 radical (unpaired) electrons. The third kappa shape index (κ3) is 4.01. The van der Waals surface area contributed by atoms with Crippen LogP contribution in [0, 0.1) is 5.92 Å². The zero-order valence-electron chi connectivity index (χ0n) is 13.2. The predicted molar refractivity (Wildman–Crippen MR) is 85.5 cm³/mol. The maximum absolute atomic E-state index is 12.5.